The average Bonchev–Trinajstić information content (AvgIpc) is 3.32. The van der Waals surface area contributed by atoms with E-state index in [1.54, 1.807) is 39.2 Å². The van der Waals surface area contributed by atoms with Crippen LogP contribution in [0.2, 0.25) is 0 Å². The number of carbonyl (C=O) groups is 10. The minimum atomic E-state index is -1.07. The molecule has 1 aromatic rings. The fourth-order valence-corrected chi connectivity index (χ4v) is 12.2. The van der Waals surface area contributed by atoms with Crippen LogP contribution in [0.15, 0.2) is 0 Å². The number of rotatable bonds is 24. The van der Waals surface area contributed by atoms with Crippen molar-refractivity contribution in [3.8, 4) is 0 Å². The maximum Gasteiger partial charge on any atom is 3.00 e. The van der Waals surface area contributed by atoms with E-state index in [2.05, 4.69) is 21.3 Å². The molecule has 0 atom stereocenters. The van der Waals surface area contributed by atoms with Gasteiger partial charge in [-0.15, -0.1) is 0 Å². The minimum Gasteiger partial charge on any atom is -0.480 e. The third kappa shape index (κ3) is 28.4. The first-order chi connectivity index (χ1) is 35.9. The molecule has 0 spiro atoms. The number of carbonyl (C=O) groups excluding carboxylic acids is 4. The number of halogens is 4. The number of carboxylic acid groups (broad SMARTS) is 6. The first kappa shape index (κ1) is 70.9. The Morgan fingerprint density at radius 1 is 0.299 bits per heavy atom. The molecule has 4 amide bonds. The van der Waals surface area contributed by atoms with E-state index in [4.69, 9.17) is 0 Å². The third-order valence-corrected chi connectivity index (χ3v) is 18.3. The van der Waals surface area contributed by atoms with Crippen LogP contribution in [-0.2, 0) is 38.4 Å². The van der Waals surface area contributed by atoms with E-state index in [-0.39, 0.29) is 235 Å². The molecule has 0 aliphatic carbocycles. The molecule has 0 aromatic heterocycles. The second kappa shape index (κ2) is 37.8. The molecule has 0 bridgehead atoms. The summed E-state index contributed by atoms with van der Waals surface area (Å²) < 4.78 is 2.03. The minimum absolute atomic E-state index is 0. The summed E-state index contributed by atoms with van der Waals surface area (Å²) in [7, 11) is 0. The van der Waals surface area contributed by atoms with E-state index < -0.39 is 47.6 Å². The molecule has 3 rings (SSSR count). The normalized spacial score (nSPS) is 17.2. The van der Waals surface area contributed by atoms with Crippen molar-refractivity contribution in [1.82, 2.24) is 60.5 Å². The molecule has 2 aliphatic rings. The molecular weight excluding hydrogens is 1620 g/mol. The molecule has 0 unspecified atom stereocenters. The van der Waals surface area contributed by atoms with Gasteiger partial charge in [-0.25, -0.2) is 0 Å². The van der Waals surface area contributed by atoms with Gasteiger partial charge in [0, 0.05) is 145 Å². The Bertz CT molecular complexity index is 1990. The Morgan fingerprint density at radius 2 is 0.455 bits per heavy atom. The van der Waals surface area contributed by atoms with Gasteiger partial charge >= 0.3 is 75.8 Å². The van der Waals surface area contributed by atoms with Crippen LogP contribution in [0, 0.1) is 54.2 Å². The molecular formula is C44H66GdI4N12O16+3. The van der Waals surface area contributed by atoms with Gasteiger partial charge in [-0.2, -0.15) is 0 Å². The second-order valence-corrected chi connectivity index (χ2v) is 22.1. The maximum absolute atomic E-state index is 13.6. The number of hydrogen-bond acceptors (Lipinski definition) is 18. The van der Waals surface area contributed by atoms with Gasteiger partial charge in [-0.05, 0) is 90.4 Å². The Morgan fingerprint density at radius 3 is 0.623 bits per heavy atom. The number of benzene rings is 1. The topological polar surface area (TPSA) is 366 Å². The van der Waals surface area contributed by atoms with Crippen molar-refractivity contribution in [2.75, 3.05) is 183 Å². The molecule has 2 fully saturated rings. The zero-order valence-electron chi connectivity index (χ0n) is 42.0. The van der Waals surface area contributed by atoms with Crippen molar-refractivity contribution in [3.05, 3.63) is 25.4 Å². The Labute approximate surface area is 531 Å². The largest absolute Gasteiger partial charge is 3.00 e. The fourth-order valence-electron chi connectivity index (χ4n) is 8.05. The number of aliphatic carboxylic acids is 6. The summed E-state index contributed by atoms with van der Waals surface area (Å²) in [5.41, 5.74) is 0.651. The molecule has 10 N–H and O–H groups in total. The Balaban J connectivity index is 0.0000203. The second-order valence-electron chi connectivity index (χ2n) is 17.8. The van der Waals surface area contributed by atoms with E-state index in [1.807, 2.05) is 90.4 Å². The maximum atomic E-state index is 13.6. The van der Waals surface area contributed by atoms with E-state index in [9.17, 15) is 78.6 Å². The summed E-state index contributed by atoms with van der Waals surface area (Å²) in [5, 5.41) is 68.0. The van der Waals surface area contributed by atoms with Gasteiger partial charge in [0.1, 0.15) is 0 Å². The molecule has 28 nitrogen and oxygen atoms in total. The van der Waals surface area contributed by atoms with Crippen molar-refractivity contribution in [2.24, 2.45) is 0 Å². The smallest absolute Gasteiger partial charge is 0.480 e. The number of nitrogens with zero attached hydrogens (tertiary/aromatic N) is 8. The number of hydrogen-bond donors (Lipinski definition) is 10. The molecule has 1 aromatic carbocycles. The van der Waals surface area contributed by atoms with Crippen LogP contribution in [0.1, 0.15) is 20.7 Å². The average molecular weight is 1680 g/mol. The van der Waals surface area contributed by atoms with E-state index >= 15 is 0 Å². The number of amides is 4. The van der Waals surface area contributed by atoms with Crippen molar-refractivity contribution in [1.29, 1.82) is 0 Å². The summed E-state index contributed by atoms with van der Waals surface area (Å²) >= 11 is 7.97. The van der Waals surface area contributed by atoms with Gasteiger partial charge in [0.25, 0.3) is 11.8 Å². The summed E-state index contributed by atoms with van der Waals surface area (Å²) in [6.07, 6.45) is 0. The standard InChI is InChI=1S/C44H66I4N12O16.Gd/c45-39-37(43(75)51-3-1-49-29(61)21-53-5-9-55(23-31(63)64)13-17-59(27-35(71)72)18-14-56(10-6-53)24-32(65)66)40(46)42(48)38(41(39)47)44(76)52-4-2-50-30(62)22-54-7-11-57(25-33(67)68)15-19-60(28-36(73)74)20-16-58(12-8-54)26-34(69)70;/h1-28H2,(H,49,61)(H,50,62)(H,51,75)(H,52,76)(H,63,64)(H,65,66)(H,67,68)(H,69,70)(H,71,72)(H,73,74);/q;+3. The first-order valence-electron chi connectivity index (χ1n) is 24.0. The van der Waals surface area contributed by atoms with E-state index in [0.29, 0.717) is 25.4 Å². The van der Waals surface area contributed by atoms with Crippen molar-refractivity contribution >= 4 is 150 Å². The van der Waals surface area contributed by atoms with E-state index in [1.165, 1.54) is 0 Å². The molecule has 1 radical (unpaired) electrons. The SMILES string of the molecule is O=C(O)CN1CCN(CC(=O)O)CCN(CC(=O)NCCNC(=O)c2c(I)c(I)c(C(=O)NCCNC(=O)CN3CCN(CC(=O)O)CCN(CC(=O)O)CCN(CC(=O)O)CC3)c(I)c2I)CCN(CC(=O)O)CC1.[Gd+3]. The molecule has 0 saturated carbocycles. The van der Waals surface area contributed by atoms with Crippen molar-refractivity contribution in [2.45, 2.75) is 0 Å². The van der Waals surface area contributed by atoms with Gasteiger partial charge < -0.3 is 51.9 Å². The predicted octanol–water partition coefficient (Wildman–Crippen LogP) is -3.25. The monoisotopic (exact) mass is 1680 g/mol. The summed E-state index contributed by atoms with van der Waals surface area (Å²) in [6.45, 7) is 2.08. The van der Waals surface area contributed by atoms with Crippen molar-refractivity contribution < 1.29 is 119 Å². The molecule has 33 heteroatoms. The summed E-state index contributed by atoms with van der Waals surface area (Å²) in [6, 6.07) is 0. The number of carboxylic acids is 6. The zero-order valence-corrected chi connectivity index (χ0v) is 52.9. The van der Waals surface area contributed by atoms with Gasteiger partial charge in [0.15, 0.2) is 0 Å². The van der Waals surface area contributed by atoms with Crippen LogP contribution >= 0.6 is 90.4 Å². The van der Waals surface area contributed by atoms with Gasteiger partial charge in [0.05, 0.1) is 63.5 Å². The fraction of sp³-hybridized carbons (Fsp3) is 0.636. The van der Waals surface area contributed by atoms with Gasteiger partial charge in [-0.1, -0.05) is 0 Å². The molecule has 2 aliphatic heterocycles. The van der Waals surface area contributed by atoms with Crippen LogP contribution in [0.3, 0.4) is 0 Å². The molecule has 77 heavy (non-hydrogen) atoms. The predicted molar refractivity (Wildman–Crippen MR) is 305 cm³/mol. The quantitative estimate of drug-likeness (QED) is 0.0276. The van der Waals surface area contributed by atoms with Crippen molar-refractivity contribution in [3.63, 3.8) is 0 Å². The van der Waals surface area contributed by atoms with E-state index in [0.717, 1.165) is 0 Å². The van der Waals surface area contributed by atoms with Crippen LogP contribution in [0.5, 0.6) is 0 Å². The third-order valence-electron chi connectivity index (χ3n) is 11.9. The number of nitrogens with one attached hydrogen (secondary N) is 4. The van der Waals surface area contributed by atoms with Gasteiger partial charge in [-0.3, -0.25) is 87.1 Å². The molecule has 431 valence electrons. The van der Waals surface area contributed by atoms with Crippen LogP contribution in [-0.4, -0.2) is 313 Å². The van der Waals surface area contributed by atoms with Crippen LogP contribution in [0.25, 0.3) is 0 Å². The Kier molecular flexibility index (Phi) is 34.8. The zero-order chi connectivity index (χ0) is 56.5. The Hall–Kier alpha value is -2.16. The van der Waals surface area contributed by atoms with Crippen LogP contribution in [0.4, 0.5) is 0 Å². The van der Waals surface area contributed by atoms with Gasteiger partial charge in [0.2, 0.25) is 11.8 Å². The summed E-state index contributed by atoms with van der Waals surface area (Å²) in [4.78, 5) is 136. The van der Waals surface area contributed by atoms with Crippen LogP contribution < -0.4 is 21.3 Å². The first-order valence-corrected chi connectivity index (χ1v) is 28.3. The molecule has 2 saturated heterocycles. The summed E-state index contributed by atoms with van der Waals surface area (Å²) in [5.74, 6) is -8.06. The molecule has 2 heterocycles.